The van der Waals surface area contributed by atoms with E-state index in [-0.39, 0.29) is 18.3 Å². The topological polar surface area (TPSA) is 85.8 Å². The van der Waals surface area contributed by atoms with E-state index in [1.807, 2.05) is 12.1 Å². The molecule has 2 aromatic heterocycles. The van der Waals surface area contributed by atoms with Gasteiger partial charge in [-0.1, -0.05) is 0 Å². The molecule has 0 fully saturated rings. The molecule has 0 aliphatic rings. The number of nitrogens with two attached hydrogens (primary N) is 1. The SMILES string of the molecule is CC(N)C(=O)Nc1ccn(Cc2ccncc2)n1.Cl. The van der Waals surface area contributed by atoms with E-state index in [1.54, 1.807) is 36.3 Å². The van der Waals surface area contributed by atoms with Crippen molar-refractivity contribution < 1.29 is 4.79 Å². The molecule has 0 saturated carbocycles. The number of halogens is 1. The maximum absolute atomic E-state index is 11.4. The van der Waals surface area contributed by atoms with Crippen LogP contribution in [0.3, 0.4) is 0 Å². The van der Waals surface area contributed by atoms with Crippen LogP contribution in [0.4, 0.5) is 5.82 Å². The lowest BCUT2D eigenvalue weighted by molar-refractivity contribution is -0.117. The van der Waals surface area contributed by atoms with Gasteiger partial charge in [-0.15, -0.1) is 12.4 Å². The first-order valence-corrected chi connectivity index (χ1v) is 5.64. The molecule has 1 amide bonds. The summed E-state index contributed by atoms with van der Waals surface area (Å²) in [7, 11) is 0. The molecule has 2 aromatic rings. The van der Waals surface area contributed by atoms with Gasteiger partial charge in [-0.05, 0) is 24.6 Å². The van der Waals surface area contributed by atoms with Crippen LogP contribution in [0.2, 0.25) is 0 Å². The predicted molar refractivity (Wildman–Crippen MR) is 75.1 cm³/mol. The highest BCUT2D eigenvalue weighted by Crippen LogP contribution is 2.05. The van der Waals surface area contributed by atoms with Gasteiger partial charge in [-0.25, -0.2) is 0 Å². The third-order valence-corrected chi connectivity index (χ3v) is 2.40. The maximum atomic E-state index is 11.4. The Morgan fingerprint density at radius 2 is 2.11 bits per heavy atom. The molecule has 0 aliphatic heterocycles. The van der Waals surface area contributed by atoms with E-state index in [0.29, 0.717) is 12.4 Å². The molecule has 2 heterocycles. The molecule has 0 bridgehead atoms. The number of carbonyl (C=O) groups excluding carboxylic acids is 1. The van der Waals surface area contributed by atoms with Crippen LogP contribution in [0.5, 0.6) is 0 Å². The number of aromatic nitrogens is 3. The zero-order valence-electron chi connectivity index (χ0n) is 10.5. The summed E-state index contributed by atoms with van der Waals surface area (Å²) in [6.45, 7) is 2.26. The number of hydrogen-bond donors (Lipinski definition) is 2. The fraction of sp³-hybridized carbons (Fsp3) is 0.250. The molecular formula is C12H16ClN5O. The van der Waals surface area contributed by atoms with Gasteiger partial charge >= 0.3 is 0 Å². The van der Waals surface area contributed by atoms with Crippen molar-refractivity contribution in [2.24, 2.45) is 5.73 Å². The number of anilines is 1. The summed E-state index contributed by atoms with van der Waals surface area (Å²) in [6.07, 6.45) is 5.27. The van der Waals surface area contributed by atoms with Crippen molar-refractivity contribution in [2.75, 3.05) is 5.32 Å². The largest absolute Gasteiger partial charge is 0.320 e. The van der Waals surface area contributed by atoms with Gasteiger partial charge in [0.2, 0.25) is 5.91 Å². The lowest BCUT2D eigenvalue weighted by Gasteiger charge is -2.04. The van der Waals surface area contributed by atoms with Crippen molar-refractivity contribution in [3.8, 4) is 0 Å². The average molecular weight is 282 g/mol. The van der Waals surface area contributed by atoms with Crippen molar-refractivity contribution in [1.82, 2.24) is 14.8 Å². The van der Waals surface area contributed by atoms with Crippen LogP contribution in [-0.4, -0.2) is 26.7 Å². The van der Waals surface area contributed by atoms with E-state index in [9.17, 15) is 4.79 Å². The van der Waals surface area contributed by atoms with Crippen molar-refractivity contribution in [3.05, 3.63) is 42.4 Å². The van der Waals surface area contributed by atoms with E-state index in [1.165, 1.54) is 0 Å². The summed E-state index contributed by atoms with van der Waals surface area (Å²) in [5.74, 6) is 0.260. The predicted octanol–water partition coefficient (Wildman–Crippen LogP) is 1.03. The zero-order valence-corrected chi connectivity index (χ0v) is 11.3. The number of nitrogens with one attached hydrogen (secondary N) is 1. The number of nitrogens with zero attached hydrogens (tertiary/aromatic N) is 3. The molecule has 102 valence electrons. The average Bonchev–Trinajstić information content (AvgIpc) is 2.77. The molecule has 0 radical (unpaired) electrons. The number of hydrogen-bond acceptors (Lipinski definition) is 4. The lowest BCUT2D eigenvalue weighted by Crippen LogP contribution is -2.32. The van der Waals surface area contributed by atoms with Crippen LogP contribution >= 0.6 is 12.4 Å². The second-order valence-corrected chi connectivity index (χ2v) is 4.03. The minimum Gasteiger partial charge on any atom is -0.320 e. The highest BCUT2D eigenvalue weighted by atomic mass is 35.5. The highest BCUT2D eigenvalue weighted by Gasteiger charge is 2.09. The Labute approximate surface area is 117 Å². The van der Waals surface area contributed by atoms with E-state index in [0.717, 1.165) is 5.56 Å². The fourth-order valence-electron chi connectivity index (χ4n) is 1.43. The summed E-state index contributed by atoms with van der Waals surface area (Å²) in [6, 6.07) is 5.03. The van der Waals surface area contributed by atoms with Gasteiger partial charge in [0.15, 0.2) is 5.82 Å². The van der Waals surface area contributed by atoms with E-state index in [2.05, 4.69) is 15.4 Å². The van der Waals surface area contributed by atoms with Crippen LogP contribution in [0.1, 0.15) is 12.5 Å². The third-order valence-electron chi connectivity index (χ3n) is 2.40. The molecule has 6 nitrogen and oxygen atoms in total. The van der Waals surface area contributed by atoms with Crippen molar-refractivity contribution >= 4 is 24.1 Å². The number of carbonyl (C=O) groups is 1. The van der Waals surface area contributed by atoms with Crippen LogP contribution in [-0.2, 0) is 11.3 Å². The quantitative estimate of drug-likeness (QED) is 0.876. The van der Waals surface area contributed by atoms with Gasteiger partial charge < -0.3 is 11.1 Å². The van der Waals surface area contributed by atoms with E-state index in [4.69, 9.17) is 5.73 Å². The summed E-state index contributed by atoms with van der Waals surface area (Å²) < 4.78 is 1.74. The number of rotatable bonds is 4. The third kappa shape index (κ3) is 4.35. The van der Waals surface area contributed by atoms with Gasteiger partial charge in [0, 0.05) is 24.7 Å². The Kier molecular flexibility index (Phi) is 5.47. The van der Waals surface area contributed by atoms with Crippen LogP contribution in [0.25, 0.3) is 0 Å². The van der Waals surface area contributed by atoms with Crippen molar-refractivity contribution in [2.45, 2.75) is 19.5 Å². The first kappa shape index (κ1) is 15.1. The maximum Gasteiger partial charge on any atom is 0.242 e. The molecule has 19 heavy (non-hydrogen) atoms. The Balaban J connectivity index is 0.00000180. The molecule has 0 spiro atoms. The summed E-state index contributed by atoms with van der Waals surface area (Å²) >= 11 is 0. The minimum atomic E-state index is -0.546. The Morgan fingerprint density at radius 1 is 1.42 bits per heavy atom. The van der Waals surface area contributed by atoms with Crippen LogP contribution < -0.4 is 11.1 Å². The molecule has 1 atom stereocenters. The second-order valence-electron chi connectivity index (χ2n) is 4.03. The lowest BCUT2D eigenvalue weighted by atomic mass is 10.3. The minimum absolute atomic E-state index is 0. The smallest absolute Gasteiger partial charge is 0.242 e. The van der Waals surface area contributed by atoms with Gasteiger partial charge in [0.1, 0.15) is 0 Å². The molecule has 2 rings (SSSR count). The fourth-order valence-corrected chi connectivity index (χ4v) is 1.43. The summed E-state index contributed by atoms with van der Waals surface area (Å²) in [5, 5.41) is 6.88. The van der Waals surface area contributed by atoms with Gasteiger partial charge in [-0.3, -0.25) is 14.5 Å². The number of pyridine rings is 1. The van der Waals surface area contributed by atoms with Crippen molar-refractivity contribution in [3.63, 3.8) is 0 Å². The molecular weight excluding hydrogens is 266 g/mol. The van der Waals surface area contributed by atoms with E-state index < -0.39 is 6.04 Å². The zero-order chi connectivity index (χ0) is 13.0. The second kappa shape index (κ2) is 6.86. The van der Waals surface area contributed by atoms with Gasteiger partial charge in [0.05, 0.1) is 12.6 Å². The molecule has 1 unspecified atom stereocenters. The first-order valence-electron chi connectivity index (χ1n) is 5.64. The van der Waals surface area contributed by atoms with Crippen LogP contribution in [0, 0.1) is 0 Å². The van der Waals surface area contributed by atoms with Gasteiger partial charge in [-0.2, -0.15) is 5.10 Å². The summed E-state index contributed by atoms with van der Waals surface area (Å²) in [5.41, 5.74) is 6.56. The molecule has 0 saturated heterocycles. The van der Waals surface area contributed by atoms with E-state index >= 15 is 0 Å². The molecule has 0 aromatic carbocycles. The van der Waals surface area contributed by atoms with Gasteiger partial charge in [0.25, 0.3) is 0 Å². The monoisotopic (exact) mass is 281 g/mol. The molecule has 3 N–H and O–H groups in total. The normalized spacial score (nSPS) is 11.5. The highest BCUT2D eigenvalue weighted by molar-refractivity contribution is 5.93. The Hall–Kier alpha value is -1.92. The standard InChI is InChI=1S/C12H15N5O.ClH/c1-9(13)12(18)15-11-4-7-17(16-11)8-10-2-5-14-6-3-10;/h2-7,9H,8,13H2,1H3,(H,15,16,18);1H. The number of amides is 1. The Bertz CT molecular complexity index is 526. The molecule has 7 heteroatoms. The summed E-state index contributed by atoms with van der Waals surface area (Å²) in [4.78, 5) is 15.3. The Morgan fingerprint density at radius 3 is 2.74 bits per heavy atom. The molecule has 0 aliphatic carbocycles. The van der Waals surface area contributed by atoms with Crippen LogP contribution in [0.15, 0.2) is 36.8 Å². The first-order chi connectivity index (χ1) is 8.65. The van der Waals surface area contributed by atoms with Crippen molar-refractivity contribution in [1.29, 1.82) is 0 Å².